The van der Waals surface area contributed by atoms with E-state index in [-0.39, 0.29) is 18.0 Å². The van der Waals surface area contributed by atoms with Crippen LogP contribution in [-0.2, 0) is 9.53 Å². The molecule has 9 nitrogen and oxygen atoms in total. The molecular weight excluding hydrogens is 356 g/mol. The Labute approximate surface area is 155 Å². The maximum absolute atomic E-state index is 12.1. The zero-order chi connectivity index (χ0) is 20.0. The van der Waals surface area contributed by atoms with Crippen LogP contribution < -0.4 is 14.8 Å². The molecule has 2 aromatic rings. The summed E-state index contributed by atoms with van der Waals surface area (Å²) >= 11 is 0. The highest BCUT2D eigenvalue weighted by atomic mass is 16.6. The summed E-state index contributed by atoms with van der Waals surface area (Å²) in [7, 11) is 2.59. The van der Waals surface area contributed by atoms with Crippen molar-refractivity contribution in [3.05, 3.63) is 57.6 Å². The average molecular weight is 374 g/mol. The third kappa shape index (κ3) is 4.94. The first-order valence-corrected chi connectivity index (χ1v) is 7.79. The number of amides is 1. The first kappa shape index (κ1) is 19.7. The summed E-state index contributed by atoms with van der Waals surface area (Å²) in [5, 5.41) is 13.6. The lowest BCUT2D eigenvalue weighted by Gasteiger charge is -2.11. The van der Waals surface area contributed by atoms with Crippen LogP contribution in [0.1, 0.15) is 15.9 Å². The Hall–Kier alpha value is -3.62. The molecule has 1 N–H and O–H groups in total. The number of carbonyl (C=O) groups is 2. The summed E-state index contributed by atoms with van der Waals surface area (Å²) in [6.45, 7) is 1.35. The Morgan fingerprint density at radius 3 is 2.37 bits per heavy atom. The minimum absolute atomic E-state index is 0.0419. The van der Waals surface area contributed by atoms with Gasteiger partial charge in [-0.15, -0.1) is 0 Å². The van der Waals surface area contributed by atoms with Gasteiger partial charge in [0.25, 0.3) is 5.91 Å². The van der Waals surface area contributed by atoms with E-state index < -0.39 is 16.8 Å². The van der Waals surface area contributed by atoms with E-state index in [2.05, 4.69) is 10.1 Å². The topological polar surface area (TPSA) is 117 Å². The largest absolute Gasteiger partial charge is 0.490 e. The number of nitro benzene ring substituents is 1. The van der Waals surface area contributed by atoms with E-state index in [1.165, 1.54) is 38.5 Å². The first-order valence-electron chi connectivity index (χ1n) is 7.79. The van der Waals surface area contributed by atoms with Crippen molar-refractivity contribution in [2.75, 3.05) is 26.1 Å². The van der Waals surface area contributed by atoms with Crippen LogP contribution in [0, 0.1) is 17.0 Å². The number of hydrogen-bond acceptors (Lipinski definition) is 7. The number of nitrogens with one attached hydrogen (secondary N) is 1. The number of methoxy groups -OCH3 is 2. The van der Waals surface area contributed by atoms with E-state index >= 15 is 0 Å². The van der Waals surface area contributed by atoms with Crippen LogP contribution in [-0.4, -0.2) is 37.6 Å². The third-order valence-corrected chi connectivity index (χ3v) is 3.64. The van der Waals surface area contributed by atoms with Gasteiger partial charge >= 0.3 is 11.7 Å². The molecule has 0 saturated carbocycles. The fourth-order valence-corrected chi connectivity index (χ4v) is 2.25. The maximum atomic E-state index is 12.1. The molecule has 0 unspecified atom stereocenters. The number of hydrogen-bond donors (Lipinski definition) is 1. The van der Waals surface area contributed by atoms with Gasteiger partial charge in [0.2, 0.25) is 0 Å². The van der Waals surface area contributed by atoms with Crippen molar-refractivity contribution in [3.63, 3.8) is 0 Å². The second-order valence-corrected chi connectivity index (χ2v) is 5.45. The fraction of sp³-hybridized carbons (Fsp3) is 0.222. The second kappa shape index (κ2) is 8.65. The lowest BCUT2D eigenvalue weighted by molar-refractivity contribution is -0.385. The summed E-state index contributed by atoms with van der Waals surface area (Å²) in [4.78, 5) is 33.9. The zero-order valence-electron chi connectivity index (χ0n) is 15.0. The number of esters is 1. The molecule has 0 aliphatic rings. The monoisotopic (exact) mass is 374 g/mol. The van der Waals surface area contributed by atoms with E-state index in [4.69, 9.17) is 9.47 Å². The second-order valence-electron chi connectivity index (χ2n) is 5.45. The molecule has 0 bridgehead atoms. The number of benzene rings is 2. The molecule has 0 atom stereocenters. The van der Waals surface area contributed by atoms with Gasteiger partial charge < -0.3 is 19.5 Å². The Morgan fingerprint density at radius 1 is 1.15 bits per heavy atom. The third-order valence-electron chi connectivity index (χ3n) is 3.64. The number of ether oxygens (including phenoxy) is 3. The Bertz CT molecular complexity index is 863. The summed E-state index contributed by atoms with van der Waals surface area (Å²) < 4.78 is 15.0. The van der Waals surface area contributed by atoms with Crippen molar-refractivity contribution < 1.29 is 28.7 Å². The van der Waals surface area contributed by atoms with Gasteiger partial charge in [0.15, 0.2) is 12.4 Å². The molecule has 0 heterocycles. The van der Waals surface area contributed by atoms with E-state index in [0.717, 1.165) is 0 Å². The van der Waals surface area contributed by atoms with Gasteiger partial charge in [-0.1, -0.05) is 0 Å². The molecule has 0 aliphatic heterocycles. The van der Waals surface area contributed by atoms with Crippen LogP contribution in [0.15, 0.2) is 36.4 Å². The first-order chi connectivity index (χ1) is 12.8. The molecule has 0 radical (unpaired) electrons. The molecule has 0 fully saturated rings. The molecule has 1 amide bonds. The standard InChI is InChI=1S/C18H18N2O7/c1-11-8-15(20(23)24)16(25-2)9-14(11)19-17(21)10-27-13-6-4-12(5-7-13)18(22)26-3/h4-9H,10H2,1-3H3,(H,19,21). The predicted molar refractivity (Wildman–Crippen MR) is 96.3 cm³/mol. The molecule has 0 aliphatic carbocycles. The Kier molecular flexibility index (Phi) is 6.32. The summed E-state index contributed by atoms with van der Waals surface area (Å²) in [6.07, 6.45) is 0. The SMILES string of the molecule is COC(=O)c1ccc(OCC(=O)Nc2cc(OC)c([N+](=O)[O-])cc2C)cc1. The molecule has 27 heavy (non-hydrogen) atoms. The van der Waals surface area contributed by atoms with Crippen molar-refractivity contribution in [2.45, 2.75) is 6.92 Å². The highest BCUT2D eigenvalue weighted by Crippen LogP contribution is 2.32. The minimum Gasteiger partial charge on any atom is -0.490 e. The number of carbonyl (C=O) groups excluding carboxylic acids is 2. The highest BCUT2D eigenvalue weighted by Gasteiger charge is 2.18. The van der Waals surface area contributed by atoms with Crippen molar-refractivity contribution in [1.82, 2.24) is 0 Å². The number of nitro groups is 1. The van der Waals surface area contributed by atoms with Crippen molar-refractivity contribution >= 4 is 23.3 Å². The van der Waals surface area contributed by atoms with Crippen LogP contribution in [0.4, 0.5) is 11.4 Å². The fourth-order valence-electron chi connectivity index (χ4n) is 2.25. The average Bonchev–Trinajstić information content (AvgIpc) is 2.67. The lowest BCUT2D eigenvalue weighted by Crippen LogP contribution is -2.20. The van der Waals surface area contributed by atoms with Crippen LogP contribution in [0.25, 0.3) is 0 Å². The molecule has 9 heteroatoms. The maximum Gasteiger partial charge on any atom is 0.337 e. The van der Waals surface area contributed by atoms with Gasteiger partial charge in [0.05, 0.1) is 24.7 Å². The molecule has 142 valence electrons. The quantitative estimate of drug-likeness (QED) is 0.450. The minimum atomic E-state index is -0.557. The summed E-state index contributed by atoms with van der Waals surface area (Å²) in [5.74, 6) is -0.482. The molecule has 0 saturated heterocycles. The highest BCUT2D eigenvalue weighted by molar-refractivity contribution is 5.93. The molecule has 2 rings (SSSR count). The number of rotatable bonds is 7. The van der Waals surface area contributed by atoms with Crippen molar-refractivity contribution in [3.8, 4) is 11.5 Å². The van der Waals surface area contributed by atoms with Crippen molar-refractivity contribution in [2.24, 2.45) is 0 Å². The lowest BCUT2D eigenvalue weighted by atomic mass is 10.1. The summed E-state index contributed by atoms with van der Waals surface area (Å²) in [6, 6.07) is 8.82. The van der Waals surface area contributed by atoms with Gasteiger partial charge in [-0.3, -0.25) is 14.9 Å². The van der Waals surface area contributed by atoms with Gasteiger partial charge in [0, 0.05) is 17.8 Å². The van der Waals surface area contributed by atoms with Crippen LogP contribution in [0.3, 0.4) is 0 Å². The van der Waals surface area contributed by atoms with E-state index in [0.29, 0.717) is 22.6 Å². The predicted octanol–water partition coefficient (Wildman–Crippen LogP) is 2.72. The smallest absolute Gasteiger partial charge is 0.337 e. The molecule has 2 aromatic carbocycles. The van der Waals surface area contributed by atoms with E-state index in [1.54, 1.807) is 19.1 Å². The molecular formula is C18H18N2O7. The molecule has 0 aromatic heterocycles. The van der Waals surface area contributed by atoms with Gasteiger partial charge in [-0.2, -0.15) is 0 Å². The number of anilines is 1. The number of aryl methyl sites for hydroxylation is 1. The van der Waals surface area contributed by atoms with Crippen LogP contribution in [0.5, 0.6) is 11.5 Å². The zero-order valence-corrected chi connectivity index (χ0v) is 15.0. The van der Waals surface area contributed by atoms with Gasteiger partial charge in [-0.05, 0) is 36.8 Å². The van der Waals surface area contributed by atoms with E-state index in [1.807, 2.05) is 0 Å². The van der Waals surface area contributed by atoms with Gasteiger partial charge in [-0.25, -0.2) is 4.79 Å². The van der Waals surface area contributed by atoms with Crippen LogP contribution in [0.2, 0.25) is 0 Å². The normalized spacial score (nSPS) is 10.0. The molecule has 0 spiro atoms. The van der Waals surface area contributed by atoms with E-state index in [9.17, 15) is 19.7 Å². The number of nitrogens with zero attached hydrogens (tertiary/aromatic N) is 1. The van der Waals surface area contributed by atoms with Gasteiger partial charge in [0.1, 0.15) is 5.75 Å². The van der Waals surface area contributed by atoms with Crippen LogP contribution >= 0.6 is 0 Å². The Balaban J connectivity index is 2.01. The Morgan fingerprint density at radius 2 is 1.81 bits per heavy atom. The summed E-state index contributed by atoms with van der Waals surface area (Å²) in [5.41, 5.74) is 1.07. The van der Waals surface area contributed by atoms with Crippen molar-refractivity contribution in [1.29, 1.82) is 0 Å².